The van der Waals surface area contributed by atoms with Crippen molar-refractivity contribution in [1.82, 2.24) is 19.6 Å². The van der Waals surface area contributed by atoms with Gasteiger partial charge in [-0.05, 0) is 35.7 Å². The van der Waals surface area contributed by atoms with Gasteiger partial charge in [-0.15, -0.1) is 0 Å². The molecule has 3 aromatic carbocycles. The predicted octanol–water partition coefficient (Wildman–Crippen LogP) is 6.15. The van der Waals surface area contributed by atoms with E-state index in [0.717, 1.165) is 41.5 Å². The Balaban J connectivity index is 1.61. The molecule has 0 saturated heterocycles. The van der Waals surface area contributed by atoms with Crippen LogP contribution in [0.25, 0.3) is 22.0 Å². The Labute approximate surface area is 215 Å². The molecular formula is C30H28N4O3. The summed E-state index contributed by atoms with van der Waals surface area (Å²) in [5.74, 6) is -1.29. The summed E-state index contributed by atoms with van der Waals surface area (Å²) in [5, 5.41) is 19.2. The number of carbonyl (C=O) groups excluding carboxylic acids is 1. The largest absolute Gasteiger partial charge is 0.478 e. The molecule has 5 rings (SSSR count). The van der Waals surface area contributed by atoms with Crippen molar-refractivity contribution in [2.45, 2.75) is 32.2 Å². The number of benzene rings is 3. The van der Waals surface area contributed by atoms with Crippen LogP contribution in [0, 0.1) is 0 Å². The topological polar surface area (TPSA) is 90.0 Å². The van der Waals surface area contributed by atoms with Crippen molar-refractivity contribution in [2.75, 3.05) is 0 Å². The number of aromatic carboxylic acids is 1. The van der Waals surface area contributed by atoms with Crippen LogP contribution in [0.2, 0.25) is 0 Å². The number of rotatable bonds is 9. The van der Waals surface area contributed by atoms with Gasteiger partial charge < -0.3 is 5.11 Å². The molecule has 7 heteroatoms. The molecule has 1 atom stereocenters. The number of hydrogen-bond donors (Lipinski definition) is 1. The second kappa shape index (κ2) is 10.2. The lowest BCUT2D eigenvalue weighted by Gasteiger charge is -2.19. The van der Waals surface area contributed by atoms with Gasteiger partial charge in [0.15, 0.2) is 0 Å². The third kappa shape index (κ3) is 4.80. The van der Waals surface area contributed by atoms with Gasteiger partial charge in [0.2, 0.25) is 5.78 Å². The minimum absolute atomic E-state index is 0.0752. The van der Waals surface area contributed by atoms with Gasteiger partial charge in [0.25, 0.3) is 0 Å². The summed E-state index contributed by atoms with van der Waals surface area (Å²) in [6, 6.07) is 22.3. The third-order valence-electron chi connectivity index (χ3n) is 6.66. The van der Waals surface area contributed by atoms with Gasteiger partial charge >= 0.3 is 5.97 Å². The number of aromatic nitrogens is 4. The predicted molar refractivity (Wildman–Crippen MR) is 143 cm³/mol. The van der Waals surface area contributed by atoms with Gasteiger partial charge in [-0.3, -0.25) is 14.2 Å². The molecule has 7 nitrogen and oxygen atoms in total. The highest BCUT2D eigenvalue weighted by atomic mass is 16.4. The van der Waals surface area contributed by atoms with E-state index in [2.05, 4.69) is 24.2 Å². The molecule has 0 bridgehead atoms. The SMILES string of the molecule is CCCCC(c1ccccc1)n1nc(C(=O)c2ccc(-c3cnn(C)c3)cc2)c2cc(C(=O)O)ccc21. The molecule has 0 aliphatic carbocycles. The zero-order chi connectivity index (χ0) is 25.9. The maximum atomic E-state index is 13.7. The molecule has 5 aromatic rings. The summed E-state index contributed by atoms with van der Waals surface area (Å²) in [7, 11) is 1.86. The van der Waals surface area contributed by atoms with E-state index >= 15 is 0 Å². The van der Waals surface area contributed by atoms with Crippen LogP contribution in [0.4, 0.5) is 0 Å². The van der Waals surface area contributed by atoms with Crippen LogP contribution >= 0.6 is 0 Å². The van der Waals surface area contributed by atoms with Gasteiger partial charge in [0, 0.05) is 29.8 Å². The molecule has 0 amide bonds. The highest BCUT2D eigenvalue weighted by Crippen LogP contribution is 2.31. The normalized spacial score (nSPS) is 12.1. The number of carboxylic acids is 1. The first-order valence-corrected chi connectivity index (χ1v) is 12.4. The van der Waals surface area contributed by atoms with Crippen molar-refractivity contribution in [3.63, 3.8) is 0 Å². The Morgan fingerprint density at radius 2 is 1.68 bits per heavy atom. The summed E-state index contributed by atoms with van der Waals surface area (Å²) >= 11 is 0. The van der Waals surface area contributed by atoms with Gasteiger partial charge in [-0.2, -0.15) is 10.2 Å². The number of carboxylic acid groups (broad SMARTS) is 1. The minimum atomic E-state index is -1.04. The van der Waals surface area contributed by atoms with Crippen LogP contribution in [-0.4, -0.2) is 36.4 Å². The zero-order valence-electron chi connectivity index (χ0n) is 20.8. The molecule has 1 unspecified atom stereocenters. The molecular weight excluding hydrogens is 464 g/mol. The standard InChI is InChI=1S/C30H28N4O3/c1-3-4-10-26(21-8-6-5-7-9-21)34-27-16-15-23(30(36)37)17-25(27)28(32-34)29(35)22-13-11-20(12-14-22)24-18-31-33(2)19-24/h5-9,11-19,26H,3-4,10H2,1-2H3,(H,36,37). The number of fused-ring (bicyclic) bond motifs is 1. The first kappa shape index (κ1) is 24.2. The second-order valence-electron chi connectivity index (χ2n) is 9.21. The third-order valence-corrected chi connectivity index (χ3v) is 6.66. The molecule has 2 aromatic heterocycles. The fourth-order valence-corrected chi connectivity index (χ4v) is 4.70. The van der Waals surface area contributed by atoms with Gasteiger partial charge in [0.1, 0.15) is 5.69 Å². The first-order chi connectivity index (χ1) is 18.0. The summed E-state index contributed by atoms with van der Waals surface area (Å²) in [6.07, 6.45) is 6.57. The van der Waals surface area contributed by atoms with Crippen molar-refractivity contribution < 1.29 is 14.7 Å². The van der Waals surface area contributed by atoms with Crippen LogP contribution in [0.5, 0.6) is 0 Å². The summed E-state index contributed by atoms with van der Waals surface area (Å²) in [6.45, 7) is 2.15. The number of unbranched alkanes of at least 4 members (excludes halogenated alkanes) is 1. The van der Waals surface area contributed by atoms with E-state index in [1.165, 1.54) is 0 Å². The van der Waals surface area contributed by atoms with Crippen molar-refractivity contribution in [3.05, 3.63) is 108 Å². The Kier molecular flexibility index (Phi) is 6.68. The highest BCUT2D eigenvalue weighted by Gasteiger charge is 2.24. The van der Waals surface area contributed by atoms with Crippen molar-refractivity contribution in [1.29, 1.82) is 0 Å². The van der Waals surface area contributed by atoms with E-state index in [-0.39, 0.29) is 23.1 Å². The highest BCUT2D eigenvalue weighted by molar-refractivity contribution is 6.15. The maximum Gasteiger partial charge on any atom is 0.335 e. The molecule has 0 aliphatic rings. The summed E-state index contributed by atoms with van der Waals surface area (Å²) < 4.78 is 3.62. The maximum absolute atomic E-state index is 13.7. The van der Waals surface area contributed by atoms with Crippen LogP contribution < -0.4 is 0 Å². The van der Waals surface area contributed by atoms with Crippen molar-refractivity contribution in [2.24, 2.45) is 7.05 Å². The molecule has 37 heavy (non-hydrogen) atoms. The van der Waals surface area contributed by atoms with Crippen molar-refractivity contribution in [3.8, 4) is 11.1 Å². The quantitative estimate of drug-likeness (QED) is 0.249. The Morgan fingerprint density at radius 3 is 2.32 bits per heavy atom. The smallest absolute Gasteiger partial charge is 0.335 e. The summed E-state index contributed by atoms with van der Waals surface area (Å²) in [5.41, 5.74) is 4.63. The Morgan fingerprint density at radius 1 is 0.946 bits per heavy atom. The lowest BCUT2D eigenvalue weighted by molar-refractivity contribution is 0.0696. The van der Waals surface area contributed by atoms with Crippen LogP contribution in [0.1, 0.15) is 64.2 Å². The van der Waals surface area contributed by atoms with E-state index in [4.69, 9.17) is 5.10 Å². The molecule has 0 radical (unpaired) electrons. The molecule has 1 N–H and O–H groups in total. The molecule has 0 fully saturated rings. The lowest BCUT2D eigenvalue weighted by Crippen LogP contribution is -2.13. The lowest BCUT2D eigenvalue weighted by atomic mass is 10.00. The van der Waals surface area contributed by atoms with Crippen LogP contribution in [-0.2, 0) is 7.05 Å². The molecule has 2 heterocycles. The van der Waals surface area contributed by atoms with Crippen LogP contribution in [0.15, 0.2) is 85.2 Å². The molecule has 0 spiro atoms. The Hall–Kier alpha value is -4.52. The number of ketones is 1. The fourth-order valence-electron chi connectivity index (χ4n) is 4.70. The van der Waals surface area contributed by atoms with Gasteiger partial charge in [-0.25, -0.2) is 4.79 Å². The minimum Gasteiger partial charge on any atom is -0.478 e. The van der Waals surface area contributed by atoms with Crippen molar-refractivity contribution >= 4 is 22.7 Å². The van der Waals surface area contributed by atoms with E-state index in [9.17, 15) is 14.7 Å². The average molecular weight is 493 g/mol. The van der Waals surface area contributed by atoms with Gasteiger partial charge in [-0.1, -0.05) is 74.4 Å². The number of hydrogen-bond acceptors (Lipinski definition) is 4. The first-order valence-electron chi connectivity index (χ1n) is 12.4. The average Bonchev–Trinajstić information content (AvgIpc) is 3.53. The zero-order valence-corrected chi connectivity index (χ0v) is 20.8. The number of aryl methyl sites for hydroxylation is 1. The second-order valence-corrected chi connectivity index (χ2v) is 9.21. The van der Waals surface area contributed by atoms with E-state index in [1.807, 2.05) is 48.3 Å². The Bertz CT molecular complexity index is 1570. The van der Waals surface area contributed by atoms with Gasteiger partial charge in [0.05, 0.1) is 23.3 Å². The molecule has 186 valence electrons. The van der Waals surface area contributed by atoms with E-state index < -0.39 is 5.97 Å². The molecule has 0 aliphatic heterocycles. The van der Waals surface area contributed by atoms with Crippen LogP contribution in [0.3, 0.4) is 0 Å². The van der Waals surface area contributed by atoms with E-state index in [0.29, 0.717) is 10.9 Å². The number of nitrogens with zero attached hydrogens (tertiary/aromatic N) is 4. The summed E-state index contributed by atoms with van der Waals surface area (Å²) in [4.78, 5) is 25.5. The number of carbonyl (C=O) groups is 2. The molecule has 0 saturated carbocycles. The van der Waals surface area contributed by atoms with E-state index in [1.54, 1.807) is 41.2 Å². The fraction of sp³-hybridized carbons (Fsp3) is 0.200. The monoisotopic (exact) mass is 492 g/mol.